The van der Waals surface area contributed by atoms with Crippen LogP contribution < -0.4 is 10.2 Å². The molecule has 4 aromatic carbocycles. The monoisotopic (exact) mass is 468 g/mol. The molecule has 0 bridgehead atoms. The molecule has 34 heavy (non-hydrogen) atoms. The Balaban J connectivity index is 1.46. The van der Waals surface area contributed by atoms with E-state index in [1.807, 2.05) is 44.2 Å². The second kappa shape index (κ2) is 8.88. The van der Waals surface area contributed by atoms with Gasteiger partial charge >= 0.3 is 0 Å². The number of carbonyl (C=O) groups is 2. The van der Waals surface area contributed by atoms with Crippen molar-refractivity contribution in [1.29, 1.82) is 0 Å². The summed E-state index contributed by atoms with van der Waals surface area (Å²) in [5, 5.41) is 5.32. The van der Waals surface area contributed by atoms with Crippen LogP contribution in [0.15, 0.2) is 94.7 Å². The zero-order chi connectivity index (χ0) is 23.8. The van der Waals surface area contributed by atoms with Crippen LogP contribution in [-0.2, 0) is 10.8 Å². The van der Waals surface area contributed by atoms with Crippen LogP contribution in [0, 0.1) is 0 Å². The number of nitrogens with one attached hydrogen (secondary N) is 1. The molecule has 1 aliphatic rings. The van der Waals surface area contributed by atoms with E-state index in [0.29, 0.717) is 33.2 Å². The molecule has 1 heterocycles. The van der Waals surface area contributed by atoms with Gasteiger partial charge in [-0.2, -0.15) is 0 Å². The standard InChI is InChI=1S/C28H24N2O3S/c1-3-30-24-17-22(14-15-26(24)34(33)25-11-7-6-10-23(25)28(30)32)27(31)29-18(2)20-13-12-19-8-4-5-9-21(19)16-20/h4-18H,3H2,1-2H3,(H,29,31)/t18-,34-/m1/s1. The highest BCUT2D eigenvalue weighted by Gasteiger charge is 2.30. The molecule has 1 aliphatic heterocycles. The van der Waals surface area contributed by atoms with Gasteiger partial charge in [0.05, 0.1) is 37.9 Å². The quantitative estimate of drug-likeness (QED) is 0.431. The molecule has 0 spiro atoms. The van der Waals surface area contributed by atoms with Crippen molar-refractivity contribution in [2.75, 3.05) is 11.4 Å². The average molecular weight is 469 g/mol. The molecule has 0 aromatic heterocycles. The smallest absolute Gasteiger partial charge is 0.259 e. The van der Waals surface area contributed by atoms with Crippen molar-refractivity contribution >= 4 is 39.1 Å². The van der Waals surface area contributed by atoms with Gasteiger partial charge in [0.25, 0.3) is 11.8 Å². The summed E-state index contributed by atoms with van der Waals surface area (Å²) in [7, 11) is -1.52. The maximum Gasteiger partial charge on any atom is 0.259 e. The van der Waals surface area contributed by atoms with Gasteiger partial charge in [0.2, 0.25) is 0 Å². The van der Waals surface area contributed by atoms with Crippen LogP contribution in [0.5, 0.6) is 0 Å². The average Bonchev–Trinajstić information content (AvgIpc) is 2.96. The van der Waals surface area contributed by atoms with E-state index in [4.69, 9.17) is 0 Å². The van der Waals surface area contributed by atoms with Gasteiger partial charge in [-0.15, -0.1) is 0 Å². The molecule has 0 saturated heterocycles. The van der Waals surface area contributed by atoms with Crippen LogP contribution in [0.2, 0.25) is 0 Å². The minimum Gasteiger partial charge on any atom is -0.346 e. The molecule has 0 fully saturated rings. The molecular formula is C28H24N2O3S. The summed E-state index contributed by atoms with van der Waals surface area (Å²) in [5.74, 6) is -0.466. The molecule has 1 N–H and O–H groups in total. The first-order valence-electron chi connectivity index (χ1n) is 11.2. The topological polar surface area (TPSA) is 66.5 Å². The third kappa shape index (κ3) is 3.80. The van der Waals surface area contributed by atoms with Crippen molar-refractivity contribution in [1.82, 2.24) is 5.32 Å². The summed E-state index contributed by atoms with van der Waals surface area (Å²) in [6.07, 6.45) is 0. The predicted molar refractivity (Wildman–Crippen MR) is 135 cm³/mol. The molecule has 4 aromatic rings. The van der Waals surface area contributed by atoms with Crippen molar-refractivity contribution in [2.45, 2.75) is 29.7 Å². The van der Waals surface area contributed by atoms with E-state index < -0.39 is 10.8 Å². The Bertz CT molecular complexity index is 1460. The summed E-state index contributed by atoms with van der Waals surface area (Å²) >= 11 is 0. The number of amides is 2. The molecule has 5 rings (SSSR count). The molecule has 0 saturated carbocycles. The Morgan fingerprint density at radius 2 is 1.65 bits per heavy atom. The lowest BCUT2D eigenvalue weighted by Crippen LogP contribution is -2.31. The van der Waals surface area contributed by atoms with Crippen LogP contribution in [0.4, 0.5) is 5.69 Å². The molecule has 6 heteroatoms. The molecule has 0 aliphatic carbocycles. The second-order valence-electron chi connectivity index (χ2n) is 8.30. The number of benzene rings is 4. The summed E-state index contributed by atoms with van der Waals surface area (Å²) in [6, 6.07) is 26.0. The van der Waals surface area contributed by atoms with Gasteiger partial charge in [-0.25, -0.2) is 4.21 Å². The molecule has 2 amide bonds. The number of rotatable bonds is 4. The van der Waals surface area contributed by atoms with E-state index in [1.165, 1.54) is 0 Å². The number of fused-ring (bicyclic) bond motifs is 3. The third-order valence-corrected chi connectivity index (χ3v) is 7.71. The first-order valence-corrected chi connectivity index (χ1v) is 12.4. The van der Waals surface area contributed by atoms with E-state index in [9.17, 15) is 13.8 Å². The zero-order valence-corrected chi connectivity index (χ0v) is 19.8. The first-order chi connectivity index (χ1) is 16.5. The van der Waals surface area contributed by atoms with Gasteiger partial charge in [-0.3, -0.25) is 9.59 Å². The van der Waals surface area contributed by atoms with Gasteiger partial charge in [0, 0.05) is 12.1 Å². The van der Waals surface area contributed by atoms with Crippen LogP contribution >= 0.6 is 0 Å². The fraction of sp³-hybridized carbons (Fsp3) is 0.143. The van der Waals surface area contributed by atoms with E-state index in [2.05, 4.69) is 17.4 Å². The molecule has 0 unspecified atom stereocenters. The lowest BCUT2D eigenvalue weighted by atomic mass is 10.0. The summed E-state index contributed by atoms with van der Waals surface area (Å²) in [4.78, 5) is 29.0. The van der Waals surface area contributed by atoms with Crippen molar-refractivity contribution in [3.63, 3.8) is 0 Å². The Morgan fingerprint density at radius 1 is 0.912 bits per heavy atom. The number of anilines is 1. The van der Waals surface area contributed by atoms with Gasteiger partial charge in [-0.05, 0) is 66.6 Å². The van der Waals surface area contributed by atoms with Gasteiger partial charge in [0.1, 0.15) is 0 Å². The number of hydrogen-bond acceptors (Lipinski definition) is 3. The maximum atomic E-state index is 13.3. The summed E-state index contributed by atoms with van der Waals surface area (Å²) in [5.41, 5.74) is 2.35. The van der Waals surface area contributed by atoms with E-state index in [1.54, 1.807) is 47.4 Å². The predicted octanol–water partition coefficient (Wildman–Crippen LogP) is 5.48. The number of carbonyl (C=O) groups excluding carboxylic acids is 2. The van der Waals surface area contributed by atoms with Crippen molar-refractivity contribution < 1.29 is 13.8 Å². The minimum absolute atomic E-state index is 0.210. The van der Waals surface area contributed by atoms with Crippen LogP contribution in [0.25, 0.3) is 10.8 Å². The van der Waals surface area contributed by atoms with Crippen molar-refractivity contribution in [2.24, 2.45) is 0 Å². The fourth-order valence-corrected chi connectivity index (χ4v) is 5.70. The highest BCUT2D eigenvalue weighted by atomic mass is 32.2. The third-order valence-electron chi connectivity index (χ3n) is 6.21. The Hall–Kier alpha value is -3.77. The Kier molecular flexibility index (Phi) is 5.75. The maximum absolute atomic E-state index is 13.3. The normalized spacial score (nSPS) is 15.9. The SMILES string of the molecule is CCN1C(=O)c2ccccc2[S@@](=O)c2ccc(C(=O)N[C@H](C)c3ccc4ccccc4c3)cc21. The van der Waals surface area contributed by atoms with E-state index >= 15 is 0 Å². The Labute approximate surface area is 200 Å². The van der Waals surface area contributed by atoms with E-state index in [-0.39, 0.29) is 17.9 Å². The molecule has 0 radical (unpaired) electrons. The van der Waals surface area contributed by atoms with Crippen LogP contribution in [-0.4, -0.2) is 22.6 Å². The number of hydrogen-bond donors (Lipinski definition) is 1. The zero-order valence-electron chi connectivity index (χ0n) is 18.9. The van der Waals surface area contributed by atoms with Gasteiger partial charge in [0.15, 0.2) is 0 Å². The molecule has 5 nitrogen and oxygen atoms in total. The lowest BCUT2D eigenvalue weighted by molar-refractivity contribution is 0.0937. The van der Waals surface area contributed by atoms with E-state index in [0.717, 1.165) is 16.3 Å². The largest absolute Gasteiger partial charge is 0.346 e. The minimum atomic E-state index is -1.52. The van der Waals surface area contributed by atoms with Crippen LogP contribution in [0.1, 0.15) is 46.2 Å². The van der Waals surface area contributed by atoms with Crippen molar-refractivity contribution in [3.05, 3.63) is 102 Å². The highest BCUT2D eigenvalue weighted by Crippen LogP contribution is 2.35. The highest BCUT2D eigenvalue weighted by molar-refractivity contribution is 7.85. The molecule has 170 valence electrons. The molecule has 2 atom stereocenters. The summed E-state index contributed by atoms with van der Waals surface area (Å²) in [6.45, 7) is 4.21. The Morgan fingerprint density at radius 3 is 2.44 bits per heavy atom. The van der Waals surface area contributed by atoms with Crippen molar-refractivity contribution in [3.8, 4) is 0 Å². The first kappa shape index (κ1) is 22.0. The van der Waals surface area contributed by atoms with Gasteiger partial charge < -0.3 is 10.2 Å². The van der Waals surface area contributed by atoms with Crippen LogP contribution in [0.3, 0.4) is 0 Å². The molecular weight excluding hydrogens is 444 g/mol. The fourth-order valence-electron chi connectivity index (χ4n) is 4.36. The lowest BCUT2D eigenvalue weighted by Gasteiger charge is -2.22. The van der Waals surface area contributed by atoms with Gasteiger partial charge in [-0.1, -0.05) is 48.5 Å². The number of nitrogens with zero attached hydrogens (tertiary/aromatic N) is 1. The summed E-state index contributed by atoms with van der Waals surface area (Å²) < 4.78 is 13.3. The second-order valence-corrected chi connectivity index (χ2v) is 9.72.